The molecular formula is C13H13NO5S2. The number of carbonyl (C=O) groups is 1. The van der Waals surface area contributed by atoms with Gasteiger partial charge < -0.3 is 10.2 Å². The Bertz CT molecular complexity index is 749. The van der Waals surface area contributed by atoms with Gasteiger partial charge in [0.25, 0.3) is 0 Å². The third kappa shape index (κ3) is 3.23. The Kier molecular flexibility index (Phi) is 4.31. The summed E-state index contributed by atoms with van der Waals surface area (Å²) in [6, 6.07) is 7.42. The lowest BCUT2D eigenvalue weighted by Crippen LogP contribution is -2.27. The Hall–Kier alpha value is -1.90. The lowest BCUT2D eigenvalue weighted by molar-refractivity contribution is 0.0698. The van der Waals surface area contributed by atoms with Crippen molar-refractivity contribution in [3.8, 4) is 5.75 Å². The van der Waals surface area contributed by atoms with E-state index in [0.29, 0.717) is 5.56 Å². The fourth-order valence-electron chi connectivity index (χ4n) is 1.77. The summed E-state index contributed by atoms with van der Waals surface area (Å²) >= 11 is 0.872. The highest BCUT2D eigenvalue weighted by atomic mass is 32.2. The van der Waals surface area contributed by atoms with Gasteiger partial charge in [-0.05, 0) is 29.1 Å². The number of nitrogens with zero attached hydrogens (tertiary/aromatic N) is 1. The van der Waals surface area contributed by atoms with Crippen molar-refractivity contribution in [2.24, 2.45) is 0 Å². The molecule has 112 valence electrons. The molecule has 2 rings (SSSR count). The molecule has 0 fully saturated rings. The van der Waals surface area contributed by atoms with Gasteiger partial charge in [-0.15, -0.1) is 11.3 Å². The van der Waals surface area contributed by atoms with E-state index in [1.807, 2.05) is 0 Å². The number of phenols is 1. The molecule has 2 aromatic rings. The van der Waals surface area contributed by atoms with E-state index in [2.05, 4.69) is 0 Å². The molecule has 0 saturated carbocycles. The third-order valence-electron chi connectivity index (χ3n) is 2.85. The summed E-state index contributed by atoms with van der Waals surface area (Å²) in [5.74, 6) is -1.17. The van der Waals surface area contributed by atoms with Crippen molar-refractivity contribution in [1.29, 1.82) is 0 Å². The van der Waals surface area contributed by atoms with Gasteiger partial charge in [0, 0.05) is 13.6 Å². The standard InChI is InChI=1S/C13H13NO5S2/c1-14(8-9-2-4-10(15)5-3-9)21(18,19)11-6-7-20-12(11)13(16)17/h2-7,15H,8H2,1H3,(H,16,17). The topological polar surface area (TPSA) is 94.9 Å². The average Bonchev–Trinajstić information content (AvgIpc) is 2.91. The first-order valence-electron chi connectivity index (χ1n) is 5.87. The fourth-order valence-corrected chi connectivity index (χ4v) is 4.16. The molecule has 0 aliphatic rings. The fraction of sp³-hybridized carbons (Fsp3) is 0.154. The van der Waals surface area contributed by atoms with E-state index >= 15 is 0 Å². The van der Waals surface area contributed by atoms with Crippen molar-refractivity contribution in [2.45, 2.75) is 11.4 Å². The molecule has 0 spiro atoms. The van der Waals surface area contributed by atoms with Gasteiger partial charge in [0.05, 0.1) is 0 Å². The summed E-state index contributed by atoms with van der Waals surface area (Å²) in [4.78, 5) is 10.6. The summed E-state index contributed by atoms with van der Waals surface area (Å²) in [6.07, 6.45) is 0. The van der Waals surface area contributed by atoms with Crippen LogP contribution in [0.1, 0.15) is 15.2 Å². The normalized spacial score (nSPS) is 11.7. The molecule has 0 saturated heterocycles. The van der Waals surface area contributed by atoms with Crippen molar-refractivity contribution in [2.75, 3.05) is 7.05 Å². The van der Waals surface area contributed by atoms with Crippen molar-refractivity contribution >= 4 is 27.3 Å². The lowest BCUT2D eigenvalue weighted by atomic mass is 10.2. The van der Waals surface area contributed by atoms with Crippen LogP contribution >= 0.6 is 11.3 Å². The van der Waals surface area contributed by atoms with Gasteiger partial charge in [0.2, 0.25) is 10.0 Å². The van der Waals surface area contributed by atoms with Crippen LogP contribution in [0.4, 0.5) is 0 Å². The second kappa shape index (κ2) is 5.84. The summed E-state index contributed by atoms with van der Waals surface area (Å²) in [5.41, 5.74) is 0.686. The number of thiophene rings is 1. The second-order valence-electron chi connectivity index (χ2n) is 4.35. The van der Waals surface area contributed by atoms with Crippen molar-refractivity contribution in [3.63, 3.8) is 0 Å². The number of carboxylic acids is 1. The van der Waals surface area contributed by atoms with Crippen LogP contribution in [0.2, 0.25) is 0 Å². The SMILES string of the molecule is CN(Cc1ccc(O)cc1)S(=O)(=O)c1ccsc1C(=O)O. The molecular weight excluding hydrogens is 314 g/mol. The Morgan fingerprint density at radius 2 is 1.86 bits per heavy atom. The maximum Gasteiger partial charge on any atom is 0.347 e. The Labute approximate surface area is 125 Å². The van der Waals surface area contributed by atoms with Crippen LogP contribution in [0, 0.1) is 0 Å². The van der Waals surface area contributed by atoms with E-state index in [-0.39, 0.29) is 22.1 Å². The third-order valence-corrected chi connectivity index (χ3v) is 5.73. The van der Waals surface area contributed by atoms with Crippen LogP contribution < -0.4 is 0 Å². The predicted molar refractivity (Wildman–Crippen MR) is 78.0 cm³/mol. The zero-order chi connectivity index (χ0) is 15.6. The van der Waals surface area contributed by atoms with Crippen LogP contribution in [0.3, 0.4) is 0 Å². The van der Waals surface area contributed by atoms with Gasteiger partial charge in [-0.2, -0.15) is 4.31 Å². The van der Waals surface area contributed by atoms with Gasteiger partial charge in [0.1, 0.15) is 15.5 Å². The van der Waals surface area contributed by atoms with E-state index in [9.17, 15) is 18.3 Å². The van der Waals surface area contributed by atoms with E-state index < -0.39 is 16.0 Å². The second-order valence-corrected chi connectivity index (χ2v) is 7.28. The molecule has 21 heavy (non-hydrogen) atoms. The number of phenolic OH excluding ortho intramolecular Hbond substituents is 1. The van der Waals surface area contributed by atoms with Gasteiger partial charge >= 0.3 is 5.97 Å². The minimum atomic E-state index is -3.88. The number of hydrogen-bond donors (Lipinski definition) is 2. The molecule has 1 heterocycles. The number of aromatic carboxylic acids is 1. The zero-order valence-corrected chi connectivity index (χ0v) is 12.7. The van der Waals surface area contributed by atoms with Crippen LogP contribution in [0.5, 0.6) is 5.75 Å². The summed E-state index contributed by atoms with van der Waals surface area (Å²) in [6.45, 7) is 0.0809. The summed E-state index contributed by atoms with van der Waals surface area (Å²) < 4.78 is 25.9. The minimum absolute atomic E-state index is 0.0809. The monoisotopic (exact) mass is 327 g/mol. The first kappa shape index (κ1) is 15.5. The summed E-state index contributed by atoms with van der Waals surface area (Å²) in [5, 5.41) is 19.7. The quantitative estimate of drug-likeness (QED) is 0.875. The highest BCUT2D eigenvalue weighted by molar-refractivity contribution is 7.89. The highest BCUT2D eigenvalue weighted by Crippen LogP contribution is 2.25. The smallest absolute Gasteiger partial charge is 0.347 e. The molecule has 8 heteroatoms. The Morgan fingerprint density at radius 3 is 2.43 bits per heavy atom. The zero-order valence-electron chi connectivity index (χ0n) is 11.1. The van der Waals surface area contributed by atoms with E-state index in [1.54, 1.807) is 12.1 Å². The van der Waals surface area contributed by atoms with Crippen LogP contribution in [-0.2, 0) is 16.6 Å². The van der Waals surface area contributed by atoms with Crippen LogP contribution in [-0.4, -0.2) is 36.0 Å². The van der Waals surface area contributed by atoms with Crippen molar-refractivity contribution in [3.05, 3.63) is 46.2 Å². The number of rotatable bonds is 5. The minimum Gasteiger partial charge on any atom is -0.508 e. The van der Waals surface area contributed by atoms with E-state index in [4.69, 9.17) is 5.11 Å². The van der Waals surface area contributed by atoms with Crippen LogP contribution in [0.15, 0.2) is 40.6 Å². The van der Waals surface area contributed by atoms with Gasteiger partial charge in [0.15, 0.2) is 0 Å². The maximum atomic E-state index is 12.4. The molecule has 0 atom stereocenters. The first-order valence-corrected chi connectivity index (χ1v) is 8.19. The average molecular weight is 327 g/mol. The molecule has 6 nitrogen and oxygen atoms in total. The molecule has 1 aromatic carbocycles. The number of benzene rings is 1. The molecule has 0 aliphatic heterocycles. The van der Waals surface area contributed by atoms with Crippen molar-refractivity contribution < 1.29 is 23.4 Å². The molecule has 1 aromatic heterocycles. The largest absolute Gasteiger partial charge is 0.508 e. The maximum absolute atomic E-state index is 12.4. The Balaban J connectivity index is 2.28. The summed E-state index contributed by atoms with van der Waals surface area (Å²) in [7, 11) is -2.50. The van der Waals surface area contributed by atoms with E-state index in [1.165, 1.54) is 30.6 Å². The highest BCUT2D eigenvalue weighted by Gasteiger charge is 2.27. The van der Waals surface area contributed by atoms with Crippen molar-refractivity contribution in [1.82, 2.24) is 4.31 Å². The van der Waals surface area contributed by atoms with Crippen LogP contribution in [0.25, 0.3) is 0 Å². The molecule has 0 radical (unpaired) electrons. The molecule has 0 amide bonds. The van der Waals surface area contributed by atoms with Gasteiger partial charge in [-0.3, -0.25) is 0 Å². The number of carboxylic acid groups (broad SMARTS) is 1. The number of hydrogen-bond acceptors (Lipinski definition) is 5. The molecule has 0 unspecified atom stereocenters. The molecule has 2 N–H and O–H groups in total. The van der Waals surface area contributed by atoms with Gasteiger partial charge in [-0.1, -0.05) is 12.1 Å². The lowest BCUT2D eigenvalue weighted by Gasteiger charge is -2.17. The number of aromatic hydroxyl groups is 1. The predicted octanol–water partition coefficient (Wildman–Crippen LogP) is 1.97. The molecule has 0 aliphatic carbocycles. The van der Waals surface area contributed by atoms with Gasteiger partial charge in [-0.25, -0.2) is 13.2 Å². The number of sulfonamides is 1. The molecule has 0 bridgehead atoms. The van der Waals surface area contributed by atoms with E-state index in [0.717, 1.165) is 15.6 Å². The first-order chi connectivity index (χ1) is 9.82. The Morgan fingerprint density at radius 1 is 1.24 bits per heavy atom.